The standard InChI is InChI=1S/C84H118N4O6/c1-9-17-23-29-35-41-55-89-77-61-65(62-78(90-56-42-36-30-24-18-10-2)83(77)93-59-45-39-33-27-21-13-5)81-73-51-47-69(85-73)67(15-7)71-49-53-75(87-71)82(76-54-50-72(88-76)68(16-8)70-48-52-74(81)86-70)66-63-79(91-57-43-37-31-25-19-11-3)84(94-60-46-40-34-28-22-14-6)80(64-66)92-58-44-38-32-26-20-12-4/h7-8,47-54,61-64,85,88H,9-14,17-46,55-60H2,1-6H3. The van der Waals surface area contributed by atoms with Crippen LogP contribution >= 0.6 is 0 Å². The van der Waals surface area contributed by atoms with Crippen molar-refractivity contribution in [2.45, 2.75) is 273 Å². The van der Waals surface area contributed by atoms with Gasteiger partial charge in [0.2, 0.25) is 11.5 Å². The number of nitrogens with zero attached hydrogens (tertiary/aromatic N) is 2. The summed E-state index contributed by atoms with van der Waals surface area (Å²) in [6.07, 6.45) is 63.2. The maximum atomic E-state index is 6.89. The fourth-order valence-corrected chi connectivity index (χ4v) is 12.6. The molecule has 7 rings (SSSR count). The quantitative estimate of drug-likeness (QED) is 0.0286. The van der Waals surface area contributed by atoms with Crippen LogP contribution < -0.4 is 28.4 Å². The van der Waals surface area contributed by atoms with Crippen molar-refractivity contribution in [3.05, 3.63) is 82.4 Å². The summed E-state index contributed by atoms with van der Waals surface area (Å²) >= 11 is 0. The zero-order valence-corrected chi connectivity index (χ0v) is 59.1. The van der Waals surface area contributed by atoms with Crippen LogP contribution in [-0.2, 0) is 0 Å². The van der Waals surface area contributed by atoms with Crippen LogP contribution in [0.5, 0.6) is 34.5 Å². The Kier molecular flexibility index (Phi) is 34.7. The van der Waals surface area contributed by atoms with Gasteiger partial charge < -0.3 is 38.4 Å². The molecule has 0 saturated heterocycles. The van der Waals surface area contributed by atoms with Crippen molar-refractivity contribution in [3.63, 3.8) is 0 Å². The SMILES string of the molecule is C#Cc1c2nc(c(-c3cc(OCCCCCCCC)c(OCCCCCCCC)c(OCCCCCCCC)c3)c3ccc([nH]3)c(C#C)c3nc(c(-c4cc(OCCCCCCCC)c(OCCCCCCCC)c(OCCCCCCCC)c4)c4ccc1[nH]4)C=C3)C=C2. The van der Waals surface area contributed by atoms with Gasteiger partial charge in [-0.15, -0.1) is 12.8 Å². The Balaban J connectivity index is 1.40. The lowest BCUT2D eigenvalue weighted by molar-refractivity contribution is 0.234. The van der Waals surface area contributed by atoms with Crippen molar-refractivity contribution < 1.29 is 28.4 Å². The Morgan fingerprint density at radius 1 is 0.298 bits per heavy atom. The molecule has 5 heterocycles. The molecular formula is C84H118N4O6. The lowest BCUT2D eigenvalue weighted by Crippen LogP contribution is -2.07. The van der Waals surface area contributed by atoms with Crippen LogP contribution in [0.1, 0.15) is 307 Å². The van der Waals surface area contributed by atoms with Crippen LogP contribution in [0.2, 0.25) is 0 Å². The lowest BCUT2D eigenvalue weighted by Gasteiger charge is -2.19. The second-order valence-electron chi connectivity index (χ2n) is 26.1. The van der Waals surface area contributed by atoms with Crippen molar-refractivity contribution in [3.8, 4) is 81.4 Å². The number of rotatable bonds is 50. The number of benzene rings is 2. The monoisotopic (exact) mass is 1280 g/mol. The van der Waals surface area contributed by atoms with Gasteiger partial charge in [-0.25, -0.2) is 9.97 Å². The molecule has 5 aromatic rings. The Bertz CT molecular complexity index is 3050. The fraction of sp³-hybridized carbons (Fsp3) is 0.571. The van der Waals surface area contributed by atoms with Gasteiger partial charge in [0, 0.05) is 22.2 Å². The highest BCUT2D eigenvalue weighted by Gasteiger charge is 2.24. The van der Waals surface area contributed by atoms with Gasteiger partial charge in [0.15, 0.2) is 23.0 Å². The van der Waals surface area contributed by atoms with E-state index in [0.717, 1.165) is 133 Å². The molecule has 0 amide bonds. The van der Waals surface area contributed by atoms with E-state index in [0.29, 0.717) is 96.7 Å². The third-order valence-electron chi connectivity index (χ3n) is 18.2. The molecule has 510 valence electrons. The minimum Gasteiger partial charge on any atom is -0.490 e. The summed E-state index contributed by atoms with van der Waals surface area (Å²) in [6.45, 7) is 17.0. The van der Waals surface area contributed by atoms with Gasteiger partial charge in [-0.3, -0.25) is 0 Å². The number of terminal acetylenes is 2. The van der Waals surface area contributed by atoms with E-state index in [1.807, 2.05) is 12.2 Å². The number of hydrogen-bond acceptors (Lipinski definition) is 8. The molecule has 0 spiro atoms. The molecule has 2 aliphatic rings. The first-order valence-electron chi connectivity index (χ1n) is 37.6. The van der Waals surface area contributed by atoms with E-state index in [1.54, 1.807) is 0 Å². The summed E-state index contributed by atoms with van der Waals surface area (Å²) in [5.41, 5.74) is 10.6. The minimum atomic E-state index is 0.564. The molecule has 0 atom stereocenters. The van der Waals surface area contributed by atoms with Crippen LogP contribution in [0, 0.1) is 24.7 Å². The third-order valence-corrected chi connectivity index (χ3v) is 18.2. The highest BCUT2D eigenvalue weighted by atomic mass is 16.5. The highest BCUT2D eigenvalue weighted by molar-refractivity contribution is 5.96. The topological polar surface area (TPSA) is 113 Å². The second kappa shape index (κ2) is 43.8. The summed E-state index contributed by atoms with van der Waals surface area (Å²) in [4.78, 5) is 18.5. The van der Waals surface area contributed by atoms with Gasteiger partial charge in [0.1, 0.15) is 0 Å². The minimum absolute atomic E-state index is 0.564. The van der Waals surface area contributed by atoms with Crippen LogP contribution in [0.3, 0.4) is 0 Å². The summed E-state index contributed by atoms with van der Waals surface area (Å²) in [5.74, 6) is 10.1. The van der Waals surface area contributed by atoms with Crippen LogP contribution in [-0.4, -0.2) is 59.6 Å². The summed E-state index contributed by atoms with van der Waals surface area (Å²) in [6, 6.07) is 16.8. The van der Waals surface area contributed by atoms with E-state index >= 15 is 0 Å². The molecule has 10 heteroatoms. The lowest BCUT2D eigenvalue weighted by atomic mass is 10.0. The van der Waals surface area contributed by atoms with E-state index in [-0.39, 0.29) is 0 Å². The first-order valence-corrected chi connectivity index (χ1v) is 37.6. The van der Waals surface area contributed by atoms with Crippen molar-refractivity contribution in [1.82, 2.24) is 19.9 Å². The van der Waals surface area contributed by atoms with Crippen molar-refractivity contribution in [2.24, 2.45) is 0 Å². The number of ether oxygens (including phenoxy) is 6. The summed E-state index contributed by atoms with van der Waals surface area (Å²) in [7, 11) is 0. The number of H-pyrrole nitrogens is 2. The van der Waals surface area contributed by atoms with E-state index < -0.39 is 0 Å². The van der Waals surface area contributed by atoms with E-state index in [4.69, 9.17) is 51.2 Å². The maximum absolute atomic E-state index is 6.89. The predicted molar refractivity (Wildman–Crippen MR) is 399 cm³/mol. The molecule has 2 aromatic carbocycles. The molecular weight excluding hydrogens is 1160 g/mol. The highest BCUT2D eigenvalue weighted by Crippen LogP contribution is 2.47. The van der Waals surface area contributed by atoms with Gasteiger partial charge in [0.25, 0.3) is 0 Å². The van der Waals surface area contributed by atoms with E-state index in [1.165, 1.54) is 154 Å². The molecule has 0 fully saturated rings. The molecule has 10 nitrogen and oxygen atoms in total. The summed E-state index contributed by atoms with van der Waals surface area (Å²) < 4.78 is 41.2. The van der Waals surface area contributed by atoms with E-state index in [2.05, 4.69) is 124 Å². The van der Waals surface area contributed by atoms with Gasteiger partial charge >= 0.3 is 0 Å². The number of fused-ring (bicyclic) bond motifs is 8. The fourth-order valence-electron chi connectivity index (χ4n) is 12.6. The predicted octanol–water partition coefficient (Wildman–Crippen LogP) is 24.4. The molecule has 0 radical (unpaired) electrons. The number of hydrogen-bond donors (Lipinski definition) is 2. The summed E-state index contributed by atoms with van der Waals surface area (Å²) in [5, 5.41) is 0. The van der Waals surface area contributed by atoms with E-state index in [9.17, 15) is 0 Å². The first-order chi connectivity index (χ1) is 46.4. The Hall–Kier alpha value is -7.04. The number of aromatic amines is 2. The number of nitrogens with one attached hydrogen (secondary N) is 2. The Morgan fingerprint density at radius 3 is 0.798 bits per heavy atom. The maximum Gasteiger partial charge on any atom is 0.203 e. The average molecular weight is 1280 g/mol. The molecule has 94 heavy (non-hydrogen) atoms. The van der Waals surface area contributed by atoms with Crippen LogP contribution in [0.4, 0.5) is 0 Å². The van der Waals surface area contributed by atoms with Crippen molar-refractivity contribution >= 4 is 46.4 Å². The molecule has 2 N–H and O–H groups in total. The zero-order chi connectivity index (χ0) is 66.2. The van der Waals surface area contributed by atoms with Gasteiger partial charge in [-0.1, -0.05) is 246 Å². The Labute approximate surface area is 568 Å². The smallest absolute Gasteiger partial charge is 0.203 e. The molecule has 0 unspecified atom stereocenters. The first kappa shape index (κ1) is 74.4. The molecule has 3 aromatic heterocycles. The van der Waals surface area contributed by atoms with Crippen LogP contribution in [0.25, 0.3) is 68.6 Å². The average Bonchev–Trinajstić information content (AvgIpc) is 1.54. The molecule has 0 aliphatic carbocycles. The van der Waals surface area contributed by atoms with Crippen LogP contribution in [0.15, 0.2) is 48.5 Å². The van der Waals surface area contributed by atoms with Crippen molar-refractivity contribution in [1.29, 1.82) is 0 Å². The second-order valence-corrected chi connectivity index (χ2v) is 26.1. The van der Waals surface area contributed by atoms with Gasteiger partial charge in [-0.2, -0.15) is 0 Å². The van der Waals surface area contributed by atoms with Crippen molar-refractivity contribution in [2.75, 3.05) is 39.6 Å². The van der Waals surface area contributed by atoms with Gasteiger partial charge in [0.05, 0.1) is 84.6 Å². The normalized spacial score (nSPS) is 11.7. The Morgan fingerprint density at radius 2 is 0.532 bits per heavy atom. The van der Waals surface area contributed by atoms with Gasteiger partial charge in [-0.05, 0) is 122 Å². The number of unbranched alkanes of at least 4 members (excludes halogenated alkanes) is 30. The molecule has 0 saturated carbocycles. The zero-order valence-electron chi connectivity index (χ0n) is 59.1. The molecule has 2 aliphatic heterocycles. The largest absolute Gasteiger partial charge is 0.490 e. The molecule has 8 bridgehead atoms. The third kappa shape index (κ3) is 23.7. The number of aromatic nitrogens is 4.